The molecule has 0 bridgehead atoms. The molecule has 92 valence electrons. The fourth-order valence-electron chi connectivity index (χ4n) is 2.35. The zero-order chi connectivity index (χ0) is 11.4. The van der Waals surface area contributed by atoms with Crippen LogP contribution in [0.2, 0.25) is 0 Å². The van der Waals surface area contributed by atoms with Crippen LogP contribution in [-0.2, 0) is 0 Å². The zero-order valence-corrected chi connectivity index (χ0v) is 11.9. The largest absolute Gasteiger partial charge is 0.361 e. The standard InChI is InChI=1S/C12H22N2S2/c1-9-7-13-12(16-8-9)14-10-5-3-4-6-11(10)15-2/h9-11H,3-8H2,1-2H3,(H,13,14). The summed E-state index contributed by atoms with van der Waals surface area (Å²) in [6.45, 7) is 3.28. The molecule has 0 aromatic rings. The van der Waals surface area contributed by atoms with Crippen LogP contribution in [0.3, 0.4) is 0 Å². The minimum absolute atomic E-state index is 0.656. The first-order chi connectivity index (χ1) is 7.79. The zero-order valence-electron chi connectivity index (χ0n) is 10.2. The quantitative estimate of drug-likeness (QED) is 0.824. The van der Waals surface area contributed by atoms with Crippen LogP contribution < -0.4 is 5.32 Å². The van der Waals surface area contributed by atoms with Crippen molar-refractivity contribution in [3.63, 3.8) is 0 Å². The molecule has 0 radical (unpaired) electrons. The molecule has 1 aliphatic carbocycles. The van der Waals surface area contributed by atoms with E-state index in [0.29, 0.717) is 6.04 Å². The Morgan fingerprint density at radius 2 is 2.19 bits per heavy atom. The van der Waals surface area contributed by atoms with Gasteiger partial charge in [0.25, 0.3) is 0 Å². The van der Waals surface area contributed by atoms with Gasteiger partial charge in [0, 0.05) is 23.6 Å². The van der Waals surface area contributed by atoms with Crippen molar-refractivity contribution in [1.29, 1.82) is 0 Å². The molecule has 4 heteroatoms. The highest BCUT2D eigenvalue weighted by Crippen LogP contribution is 2.28. The molecule has 0 aromatic heterocycles. The summed E-state index contributed by atoms with van der Waals surface area (Å²) in [6.07, 6.45) is 7.71. The van der Waals surface area contributed by atoms with Gasteiger partial charge >= 0.3 is 0 Å². The van der Waals surface area contributed by atoms with Gasteiger partial charge in [0.05, 0.1) is 0 Å². The summed E-state index contributed by atoms with van der Waals surface area (Å²) >= 11 is 3.92. The molecule has 16 heavy (non-hydrogen) atoms. The van der Waals surface area contributed by atoms with Crippen molar-refractivity contribution < 1.29 is 0 Å². The number of nitrogens with one attached hydrogen (secondary N) is 1. The van der Waals surface area contributed by atoms with E-state index in [1.165, 1.54) is 36.6 Å². The number of nitrogens with zero attached hydrogens (tertiary/aromatic N) is 1. The summed E-state index contributed by atoms with van der Waals surface area (Å²) in [4.78, 5) is 4.63. The van der Waals surface area contributed by atoms with Crippen molar-refractivity contribution in [2.24, 2.45) is 10.9 Å². The van der Waals surface area contributed by atoms with Gasteiger partial charge in [0.15, 0.2) is 5.17 Å². The number of hydrogen-bond acceptors (Lipinski definition) is 4. The second kappa shape index (κ2) is 6.20. The van der Waals surface area contributed by atoms with Gasteiger partial charge in [-0.1, -0.05) is 31.5 Å². The van der Waals surface area contributed by atoms with E-state index in [1.54, 1.807) is 0 Å². The summed E-state index contributed by atoms with van der Waals surface area (Å²) in [6, 6.07) is 0.656. The fourth-order valence-corrected chi connectivity index (χ4v) is 4.23. The van der Waals surface area contributed by atoms with E-state index in [0.717, 1.165) is 17.7 Å². The summed E-state index contributed by atoms with van der Waals surface area (Å²) < 4.78 is 0. The Hall–Kier alpha value is 0.170. The molecule has 2 nitrogen and oxygen atoms in total. The van der Waals surface area contributed by atoms with E-state index >= 15 is 0 Å². The van der Waals surface area contributed by atoms with Crippen LogP contribution in [0.4, 0.5) is 0 Å². The SMILES string of the molecule is CSC1CCCCC1NC1=NCC(C)CS1. The molecule has 1 N–H and O–H groups in total. The van der Waals surface area contributed by atoms with Crippen LogP contribution in [0.5, 0.6) is 0 Å². The molecular formula is C12H22N2S2. The van der Waals surface area contributed by atoms with Crippen LogP contribution in [-0.4, -0.2) is 35.0 Å². The summed E-state index contributed by atoms with van der Waals surface area (Å²) in [5.74, 6) is 1.97. The molecule has 3 unspecified atom stereocenters. The van der Waals surface area contributed by atoms with Crippen molar-refractivity contribution >= 4 is 28.7 Å². The number of amidine groups is 1. The third-order valence-electron chi connectivity index (χ3n) is 3.37. The maximum atomic E-state index is 4.63. The third kappa shape index (κ3) is 3.33. The highest BCUT2D eigenvalue weighted by Gasteiger charge is 2.25. The van der Waals surface area contributed by atoms with Crippen LogP contribution in [0.25, 0.3) is 0 Å². The minimum Gasteiger partial charge on any atom is -0.361 e. The lowest BCUT2D eigenvalue weighted by molar-refractivity contribution is 0.426. The molecule has 0 aromatic carbocycles. The van der Waals surface area contributed by atoms with E-state index in [-0.39, 0.29) is 0 Å². The normalized spacial score (nSPS) is 35.6. The molecule has 1 fully saturated rings. The molecule has 1 aliphatic heterocycles. The molecule has 3 atom stereocenters. The van der Waals surface area contributed by atoms with Crippen molar-refractivity contribution in [3.8, 4) is 0 Å². The Balaban J connectivity index is 1.87. The first-order valence-corrected chi connectivity index (χ1v) is 8.53. The lowest BCUT2D eigenvalue weighted by atomic mass is 9.95. The lowest BCUT2D eigenvalue weighted by Crippen LogP contribution is -2.43. The molecule has 1 heterocycles. The Bertz CT molecular complexity index is 255. The van der Waals surface area contributed by atoms with E-state index < -0.39 is 0 Å². The molecule has 0 spiro atoms. The average molecular weight is 258 g/mol. The predicted octanol–water partition coefficient (Wildman–Crippen LogP) is 2.99. The average Bonchev–Trinajstić information content (AvgIpc) is 2.33. The van der Waals surface area contributed by atoms with Gasteiger partial charge in [0.2, 0.25) is 0 Å². The van der Waals surface area contributed by atoms with Crippen LogP contribution in [0.1, 0.15) is 32.6 Å². The first kappa shape index (κ1) is 12.6. The van der Waals surface area contributed by atoms with Gasteiger partial charge in [0.1, 0.15) is 0 Å². The second-order valence-corrected chi connectivity index (χ2v) is 6.96. The van der Waals surface area contributed by atoms with Crippen LogP contribution >= 0.6 is 23.5 Å². The van der Waals surface area contributed by atoms with Crippen LogP contribution in [0, 0.1) is 5.92 Å². The molecule has 0 amide bonds. The highest BCUT2D eigenvalue weighted by atomic mass is 32.2. The Morgan fingerprint density at radius 1 is 1.38 bits per heavy atom. The van der Waals surface area contributed by atoms with Crippen molar-refractivity contribution in [2.45, 2.75) is 43.9 Å². The minimum atomic E-state index is 0.656. The second-order valence-electron chi connectivity index (χ2n) is 4.87. The topological polar surface area (TPSA) is 24.4 Å². The van der Waals surface area contributed by atoms with Crippen molar-refractivity contribution in [3.05, 3.63) is 0 Å². The van der Waals surface area contributed by atoms with Gasteiger partial charge < -0.3 is 5.32 Å². The molecule has 2 aliphatic rings. The van der Waals surface area contributed by atoms with Gasteiger partial charge in [-0.25, -0.2) is 0 Å². The number of thioether (sulfide) groups is 2. The third-order valence-corrected chi connectivity index (χ3v) is 5.79. The van der Waals surface area contributed by atoms with E-state index in [9.17, 15) is 0 Å². The molecule has 0 saturated heterocycles. The summed E-state index contributed by atoms with van der Waals surface area (Å²) in [5, 5.41) is 5.66. The van der Waals surface area contributed by atoms with Gasteiger partial charge in [-0.3, -0.25) is 4.99 Å². The maximum Gasteiger partial charge on any atom is 0.156 e. The Morgan fingerprint density at radius 3 is 2.88 bits per heavy atom. The van der Waals surface area contributed by atoms with Gasteiger partial charge in [-0.05, 0) is 25.0 Å². The number of rotatable bonds is 2. The monoisotopic (exact) mass is 258 g/mol. The summed E-state index contributed by atoms with van der Waals surface area (Å²) in [7, 11) is 0. The lowest BCUT2D eigenvalue weighted by Gasteiger charge is -2.32. The van der Waals surface area contributed by atoms with E-state index in [2.05, 4.69) is 23.5 Å². The highest BCUT2D eigenvalue weighted by molar-refractivity contribution is 8.13. The fraction of sp³-hybridized carbons (Fsp3) is 0.917. The predicted molar refractivity (Wildman–Crippen MR) is 76.6 cm³/mol. The molecule has 2 rings (SSSR count). The Labute approximate surface area is 107 Å². The van der Waals surface area contributed by atoms with Crippen LogP contribution in [0.15, 0.2) is 4.99 Å². The van der Waals surface area contributed by atoms with E-state index in [4.69, 9.17) is 0 Å². The maximum absolute atomic E-state index is 4.63. The Kier molecular flexibility index (Phi) is 4.89. The molecular weight excluding hydrogens is 236 g/mol. The number of hydrogen-bond donors (Lipinski definition) is 1. The first-order valence-electron chi connectivity index (χ1n) is 6.26. The van der Waals surface area contributed by atoms with E-state index in [1.807, 2.05) is 23.5 Å². The number of aliphatic imine (C=N–C) groups is 1. The summed E-state index contributed by atoms with van der Waals surface area (Å²) in [5.41, 5.74) is 0. The molecule has 1 saturated carbocycles. The van der Waals surface area contributed by atoms with Crippen molar-refractivity contribution in [1.82, 2.24) is 5.32 Å². The van der Waals surface area contributed by atoms with Gasteiger partial charge in [-0.2, -0.15) is 11.8 Å². The van der Waals surface area contributed by atoms with Gasteiger partial charge in [-0.15, -0.1) is 0 Å². The smallest absolute Gasteiger partial charge is 0.156 e. The van der Waals surface area contributed by atoms with Crippen molar-refractivity contribution in [2.75, 3.05) is 18.6 Å².